The predicted octanol–water partition coefficient (Wildman–Crippen LogP) is 3.23. The molecule has 0 aromatic heterocycles. The lowest BCUT2D eigenvalue weighted by Crippen LogP contribution is -2.29. The third kappa shape index (κ3) is 2.02. The topological polar surface area (TPSA) is 46.3 Å². The van der Waals surface area contributed by atoms with E-state index in [1.807, 2.05) is 42.5 Å². The molecule has 0 saturated heterocycles. The van der Waals surface area contributed by atoms with E-state index >= 15 is 0 Å². The fraction of sp³-hybridized carbons (Fsp3) is 0.133. The number of para-hydroxylation sites is 1. The van der Waals surface area contributed by atoms with Crippen LogP contribution in [-0.2, 0) is 6.42 Å². The second-order valence-corrected chi connectivity index (χ2v) is 5.40. The summed E-state index contributed by atoms with van der Waals surface area (Å²) in [5.41, 5.74) is 9.34. The molecule has 2 aromatic rings. The van der Waals surface area contributed by atoms with Gasteiger partial charge in [-0.3, -0.25) is 4.79 Å². The van der Waals surface area contributed by atoms with Crippen molar-refractivity contribution < 1.29 is 4.79 Å². The Balaban J connectivity index is 2.03. The van der Waals surface area contributed by atoms with Crippen molar-refractivity contribution in [2.45, 2.75) is 6.42 Å². The lowest BCUT2D eigenvalue weighted by atomic mass is 10.1. The average molecular weight is 317 g/mol. The molecule has 1 aliphatic heterocycles. The first-order chi connectivity index (χ1) is 9.18. The number of fused-ring (bicyclic) bond motifs is 1. The Morgan fingerprint density at radius 2 is 1.95 bits per heavy atom. The van der Waals surface area contributed by atoms with Gasteiger partial charge >= 0.3 is 0 Å². The van der Waals surface area contributed by atoms with Crippen LogP contribution in [0.25, 0.3) is 0 Å². The number of halogens is 1. The summed E-state index contributed by atoms with van der Waals surface area (Å²) < 4.78 is 0.808. The molecule has 4 heteroatoms. The van der Waals surface area contributed by atoms with Gasteiger partial charge in [0.1, 0.15) is 0 Å². The van der Waals surface area contributed by atoms with Gasteiger partial charge in [-0.25, -0.2) is 0 Å². The van der Waals surface area contributed by atoms with E-state index in [0.717, 1.165) is 22.1 Å². The molecule has 0 radical (unpaired) electrons. The van der Waals surface area contributed by atoms with Crippen molar-refractivity contribution in [3.63, 3.8) is 0 Å². The zero-order valence-electron chi connectivity index (χ0n) is 10.3. The van der Waals surface area contributed by atoms with Gasteiger partial charge in [0, 0.05) is 11.0 Å². The second kappa shape index (κ2) is 4.70. The fourth-order valence-electron chi connectivity index (χ4n) is 2.47. The molecular weight excluding hydrogens is 304 g/mol. The Labute approximate surface area is 120 Å². The number of hydrogen-bond acceptors (Lipinski definition) is 2. The zero-order chi connectivity index (χ0) is 13.4. The van der Waals surface area contributed by atoms with Crippen molar-refractivity contribution in [2.24, 2.45) is 0 Å². The summed E-state index contributed by atoms with van der Waals surface area (Å²) in [6.45, 7) is 0.684. The largest absolute Gasteiger partial charge is 0.397 e. The van der Waals surface area contributed by atoms with Gasteiger partial charge in [-0.1, -0.05) is 24.3 Å². The lowest BCUT2D eigenvalue weighted by Gasteiger charge is -2.19. The number of anilines is 2. The Hall–Kier alpha value is -1.81. The highest BCUT2D eigenvalue weighted by atomic mass is 79.9. The molecule has 0 saturated carbocycles. The summed E-state index contributed by atoms with van der Waals surface area (Å²) in [6.07, 6.45) is 0.858. The van der Waals surface area contributed by atoms with Crippen molar-refractivity contribution in [1.29, 1.82) is 0 Å². The van der Waals surface area contributed by atoms with Crippen LogP contribution >= 0.6 is 15.9 Å². The van der Waals surface area contributed by atoms with Crippen LogP contribution in [0.5, 0.6) is 0 Å². The minimum Gasteiger partial charge on any atom is -0.397 e. The number of amides is 1. The molecular formula is C15H13BrN2O. The molecule has 1 aliphatic rings. The maximum atomic E-state index is 12.6. The van der Waals surface area contributed by atoms with Crippen molar-refractivity contribution >= 4 is 33.2 Å². The highest BCUT2D eigenvalue weighted by molar-refractivity contribution is 9.10. The van der Waals surface area contributed by atoms with Crippen molar-refractivity contribution in [3.8, 4) is 0 Å². The fourth-order valence-corrected chi connectivity index (χ4v) is 2.92. The molecule has 96 valence electrons. The molecule has 0 aliphatic carbocycles. The number of hydrogen-bond donors (Lipinski definition) is 1. The van der Waals surface area contributed by atoms with Crippen LogP contribution in [0, 0.1) is 0 Å². The molecule has 1 heterocycles. The van der Waals surface area contributed by atoms with Gasteiger partial charge in [0.25, 0.3) is 5.91 Å². The summed E-state index contributed by atoms with van der Waals surface area (Å²) in [4.78, 5) is 14.4. The number of nitrogens with two attached hydrogens (primary N) is 1. The average Bonchev–Trinajstić information content (AvgIpc) is 2.84. The third-order valence-electron chi connectivity index (χ3n) is 3.37. The normalized spacial score (nSPS) is 13.4. The highest BCUT2D eigenvalue weighted by Gasteiger charge is 2.28. The van der Waals surface area contributed by atoms with Gasteiger partial charge < -0.3 is 10.6 Å². The van der Waals surface area contributed by atoms with Crippen molar-refractivity contribution in [1.82, 2.24) is 0 Å². The molecule has 0 unspecified atom stereocenters. The van der Waals surface area contributed by atoms with Crippen LogP contribution in [0.4, 0.5) is 11.4 Å². The standard InChI is InChI=1S/C15H13BrN2O/c16-12-6-2-1-5-11(12)15(19)18-9-8-10-4-3-7-13(17)14(10)18/h1-7H,8-9,17H2. The molecule has 0 spiro atoms. The van der Waals surface area contributed by atoms with Crippen LogP contribution < -0.4 is 10.6 Å². The third-order valence-corrected chi connectivity index (χ3v) is 4.07. The first-order valence-corrected chi connectivity index (χ1v) is 6.91. The molecule has 2 N–H and O–H groups in total. The minimum absolute atomic E-state index is 0.0101. The van der Waals surface area contributed by atoms with Gasteiger partial charge in [0.2, 0.25) is 0 Å². The van der Waals surface area contributed by atoms with E-state index in [4.69, 9.17) is 5.73 Å². The summed E-state index contributed by atoms with van der Waals surface area (Å²) in [5, 5.41) is 0. The molecule has 0 fully saturated rings. The number of carbonyl (C=O) groups is 1. The van der Waals surface area contributed by atoms with Crippen LogP contribution in [0.3, 0.4) is 0 Å². The van der Waals surface area contributed by atoms with E-state index in [-0.39, 0.29) is 5.91 Å². The number of rotatable bonds is 1. The van der Waals surface area contributed by atoms with E-state index < -0.39 is 0 Å². The Morgan fingerprint density at radius 3 is 2.74 bits per heavy atom. The summed E-state index contributed by atoms with van der Waals surface area (Å²) in [7, 11) is 0. The summed E-state index contributed by atoms with van der Waals surface area (Å²) >= 11 is 3.42. The highest BCUT2D eigenvalue weighted by Crippen LogP contribution is 2.35. The molecule has 3 nitrogen and oxygen atoms in total. The molecule has 19 heavy (non-hydrogen) atoms. The number of nitrogens with zero attached hydrogens (tertiary/aromatic N) is 1. The lowest BCUT2D eigenvalue weighted by molar-refractivity contribution is 0.0988. The van der Waals surface area contributed by atoms with E-state index in [1.165, 1.54) is 0 Å². The summed E-state index contributed by atoms with van der Waals surface area (Å²) in [6, 6.07) is 13.3. The van der Waals surface area contributed by atoms with Crippen molar-refractivity contribution in [3.05, 3.63) is 58.1 Å². The maximum absolute atomic E-state index is 12.6. The quantitative estimate of drug-likeness (QED) is 0.821. The SMILES string of the molecule is Nc1cccc2c1N(C(=O)c1ccccc1Br)CC2. The van der Waals surface area contributed by atoms with E-state index in [2.05, 4.69) is 15.9 Å². The minimum atomic E-state index is -0.0101. The van der Waals surface area contributed by atoms with E-state index in [9.17, 15) is 4.79 Å². The first kappa shape index (κ1) is 12.2. The van der Waals surface area contributed by atoms with Crippen LogP contribution in [0.2, 0.25) is 0 Å². The van der Waals surface area contributed by atoms with Gasteiger partial charge in [-0.2, -0.15) is 0 Å². The number of benzene rings is 2. The second-order valence-electron chi connectivity index (χ2n) is 4.54. The Bertz CT molecular complexity index is 654. The van der Waals surface area contributed by atoms with Gasteiger partial charge in [0.15, 0.2) is 0 Å². The van der Waals surface area contributed by atoms with E-state index in [1.54, 1.807) is 4.90 Å². The summed E-state index contributed by atoms with van der Waals surface area (Å²) in [5.74, 6) is -0.0101. The van der Waals surface area contributed by atoms with Gasteiger partial charge in [-0.05, 0) is 46.1 Å². The Morgan fingerprint density at radius 1 is 1.16 bits per heavy atom. The number of carbonyl (C=O) groups excluding carboxylic acids is 1. The molecule has 2 aromatic carbocycles. The monoisotopic (exact) mass is 316 g/mol. The van der Waals surface area contributed by atoms with Crippen LogP contribution in [0.1, 0.15) is 15.9 Å². The smallest absolute Gasteiger partial charge is 0.259 e. The Kier molecular flexibility index (Phi) is 3.03. The van der Waals surface area contributed by atoms with Crippen molar-refractivity contribution in [2.75, 3.05) is 17.2 Å². The molecule has 1 amide bonds. The van der Waals surface area contributed by atoms with Gasteiger partial charge in [0.05, 0.1) is 16.9 Å². The van der Waals surface area contributed by atoms with Crippen LogP contribution in [-0.4, -0.2) is 12.5 Å². The molecule has 0 bridgehead atoms. The predicted molar refractivity (Wildman–Crippen MR) is 80.4 cm³/mol. The first-order valence-electron chi connectivity index (χ1n) is 6.12. The van der Waals surface area contributed by atoms with E-state index in [0.29, 0.717) is 17.8 Å². The maximum Gasteiger partial charge on any atom is 0.259 e. The molecule has 3 rings (SSSR count). The van der Waals surface area contributed by atoms with Crippen LogP contribution in [0.15, 0.2) is 46.9 Å². The number of nitrogen functional groups attached to an aromatic ring is 1. The molecule has 0 atom stereocenters. The zero-order valence-corrected chi connectivity index (χ0v) is 11.9. The van der Waals surface area contributed by atoms with Gasteiger partial charge in [-0.15, -0.1) is 0 Å².